The maximum Gasteiger partial charge on any atom is 0.215 e. The summed E-state index contributed by atoms with van der Waals surface area (Å²) < 4.78 is 25.9. The highest BCUT2D eigenvalue weighted by atomic mass is 32.2. The molecular formula is C12H24N2O2S. The van der Waals surface area contributed by atoms with Crippen molar-refractivity contribution in [2.45, 2.75) is 39.2 Å². The summed E-state index contributed by atoms with van der Waals surface area (Å²) in [5.41, 5.74) is 0.882. The van der Waals surface area contributed by atoms with Crippen LogP contribution in [0.4, 0.5) is 0 Å². The molecule has 1 fully saturated rings. The lowest BCUT2D eigenvalue weighted by molar-refractivity contribution is 0.404. The van der Waals surface area contributed by atoms with Gasteiger partial charge < -0.3 is 5.32 Å². The van der Waals surface area contributed by atoms with Gasteiger partial charge in [0.15, 0.2) is 0 Å². The van der Waals surface area contributed by atoms with Gasteiger partial charge in [0.25, 0.3) is 0 Å². The molecule has 1 rings (SSSR count). The monoisotopic (exact) mass is 260 g/mol. The molecule has 0 aromatic carbocycles. The minimum atomic E-state index is -3.16. The summed E-state index contributed by atoms with van der Waals surface area (Å²) in [6, 6.07) is 0.118. The van der Waals surface area contributed by atoms with Gasteiger partial charge in [-0.15, -0.1) is 0 Å². The standard InChI is InChI=1S/C12H24N2O2S/c1-4-14(9-11(2)3)17(15,16)10-12-7-5-6-8-13-12/h12-13H,2,4-10H2,1,3H3. The molecule has 0 saturated carbocycles. The van der Waals surface area contributed by atoms with Crippen LogP contribution in [-0.4, -0.2) is 44.2 Å². The van der Waals surface area contributed by atoms with Crippen molar-refractivity contribution in [3.8, 4) is 0 Å². The number of nitrogens with zero attached hydrogens (tertiary/aromatic N) is 1. The van der Waals surface area contributed by atoms with E-state index in [9.17, 15) is 8.42 Å². The van der Waals surface area contributed by atoms with E-state index in [1.165, 1.54) is 4.31 Å². The van der Waals surface area contributed by atoms with E-state index in [4.69, 9.17) is 0 Å². The molecule has 0 radical (unpaired) electrons. The van der Waals surface area contributed by atoms with E-state index in [1.54, 1.807) is 0 Å². The topological polar surface area (TPSA) is 49.4 Å². The van der Waals surface area contributed by atoms with Gasteiger partial charge in [0.2, 0.25) is 10.0 Å². The first-order chi connectivity index (χ1) is 7.95. The van der Waals surface area contributed by atoms with Crippen molar-refractivity contribution >= 4 is 10.0 Å². The molecule has 5 heteroatoms. The molecule has 1 aliphatic rings. The van der Waals surface area contributed by atoms with Gasteiger partial charge in [-0.05, 0) is 26.3 Å². The molecular weight excluding hydrogens is 236 g/mol. The van der Waals surface area contributed by atoms with Crippen molar-refractivity contribution in [3.05, 3.63) is 12.2 Å². The van der Waals surface area contributed by atoms with Crippen molar-refractivity contribution in [2.75, 3.05) is 25.4 Å². The van der Waals surface area contributed by atoms with Gasteiger partial charge in [-0.3, -0.25) is 0 Å². The van der Waals surface area contributed by atoms with Crippen molar-refractivity contribution in [2.24, 2.45) is 0 Å². The fourth-order valence-electron chi connectivity index (χ4n) is 2.13. The molecule has 17 heavy (non-hydrogen) atoms. The molecule has 1 aliphatic heterocycles. The molecule has 4 nitrogen and oxygen atoms in total. The van der Waals surface area contributed by atoms with Crippen LogP contribution >= 0.6 is 0 Å². The van der Waals surface area contributed by atoms with Crippen LogP contribution in [0.3, 0.4) is 0 Å². The Labute approximate surface area is 105 Å². The van der Waals surface area contributed by atoms with Crippen molar-refractivity contribution in [1.29, 1.82) is 0 Å². The van der Waals surface area contributed by atoms with Crippen LogP contribution in [0.15, 0.2) is 12.2 Å². The van der Waals surface area contributed by atoms with Gasteiger partial charge in [-0.2, -0.15) is 4.31 Å². The SMILES string of the molecule is C=C(C)CN(CC)S(=O)(=O)CC1CCCCN1. The number of sulfonamides is 1. The highest BCUT2D eigenvalue weighted by molar-refractivity contribution is 7.89. The maximum atomic E-state index is 12.2. The Balaban J connectivity index is 2.61. The summed E-state index contributed by atoms with van der Waals surface area (Å²) in [6.07, 6.45) is 3.24. The van der Waals surface area contributed by atoms with E-state index in [0.29, 0.717) is 13.1 Å². The first-order valence-corrected chi connectivity index (χ1v) is 7.92. The van der Waals surface area contributed by atoms with E-state index in [0.717, 1.165) is 31.4 Å². The smallest absolute Gasteiger partial charge is 0.215 e. The Morgan fingerprint density at radius 3 is 2.65 bits per heavy atom. The second-order valence-corrected chi connectivity index (χ2v) is 6.82. The quantitative estimate of drug-likeness (QED) is 0.734. The van der Waals surface area contributed by atoms with E-state index in [2.05, 4.69) is 11.9 Å². The van der Waals surface area contributed by atoms with Crippen LogP contribution in [0, 0.1) is 0 Å². The highest BCUT2D eigenvalue weighted by Crippen LogP contribution is 2.12. The molecule has 0 bridgehead atoms. The summed E-state index contributed by atoms with van der Waals surface area (Å²) in [4.78, 5) is 0. The molecule has 1 atom stereocenters. The van der Waals surface area contributed by atoms with Gasteiger partial charge in [-0.25, -0.2) is 8.42 Å². The lowest BCUT2D eigenvalue weighted by Gasteiger charge is -2.27. The fourth-order valence-corrected chi connectivity index (χ4v) is 3.95. The molecule has 0 amide bonds. The third kappa shape index (κ3) is 4.77. The first-order valence-electron chi connectivity index (χ1n) is 6.31. The minimum Gasteiger partial charge on any atom is -0.313 e. The largest absolute Gasteiger partial charge is 0.313 e. The zero-order valence-corrected chi connectivity index (χ0v) is 11.7. The van der Waals surface area contributed by atoms with Gasteiger partial charge in [0.1, 0.15) is 0 Å². The average Bonchev–Trinajstić information content (AvgIpc) is 2.26. The van der Waals surface area contributed by atoms with Crippen LogP contribution in [0.5, 0.6) is 0 Å². The summed E-state index contributed by atoms with van der Waals surface area (Å²) >= 11 is 0. The molecule has 0 aromatic heterocycles. The number of hydrogen-bond donors (Lipinski definition) is 1. The van der Waals surface area contributed by atoms with Crippen LogP contribution in [0.25, 0.3) is 0 Å². The second-order valence-electron chi connectivity index (χ2n) is 4.81. The minimum absolute atomic E-state index is 0.118. The second kappa shape index (κ2) is 6.52. The zero-order chi connectivity index (χ0) is 12.9. The van der Waals surface area contributed by atoms with Gasteiger partial charge >= 0.3 is 0 Å². The number of nitrogens with one attached hydrogen (secondary N) is 1. The Morgan fingerprint density at radius 1 is 1.47 bits per heavy atom. The molecule has 100 valence electrons. The molecule has 0 spiro atoms. The van der Waals surface area contributed by atoms with Crippen LogP contribution < -0.4 is 5.32 Å². The average molecular weight is 260 g/mol. The Kier molecular flexibility index (Phi) is 5.62. The van der Waals surface area contributed by atoms with Crippen molar-refractivity contribution in [3.63, 3.8) is 0 Å². The van der Waals surface area contributed by atoms with Crippen LogP contribution in [0.1, 0.15) is 33.1 Å². The predicted molar refractivity (Wildman–Crippen MR) is 71.5 cm³/mol. The molecule has 1 heterocycles. The third-order valence-corrected chi connectivity index (χ3v) is 5.01. The fraction of sp³-hybridized carbons (Fsp3) is 0.833. The molecule has 0 aromatic rings. The summed E-state index contributed by atoms with van der Waals surface area (Å²) in [6.45, 7) is 9.40. The normalized spacial score (nSPS) is 21.7. The highest BCUT2D eigenvalue weighted by Gasteiger charge is 2.25. The molecule has 1 unspecified atom stereocenters. The van der Waals surface area contributed by atoms with Gasteiger partial charge in [-0.1, -0.05) is 25.5 Å². The van der Waals surface area contributed by atoms with Crippen molar-refractivity contribution in [1.82, 2.24) is 9.62 Å². The number of likely N-dealkylation sites (N-methyl/N-ethyl adjacent to an activating group) is 1. The van der Waals surface area contributed by atoms with E-state index in [1.807, 2.05) is 13.8 Å². The first kappa shape index (κ1) is 14.7. The predicted octanol–water partition coefficient (Wildman–Crippen LogP) is 1.36. The summed E-state index contributed by atoms with van der Waals surface area (Å²) in [5, 5.41) is 3.28. The van der Waals surface area contributed by atoms with Crippen LogP contribution in [-0.2, 0) is 10.0 Å². The van der Waals surface area contributed by atoms with E-state index < -0.39 is 10.0 Å². The summed E-state index contributed by atoms with van der Waals surface area (Å²) in [5.74, 6) is 0.216. The Morgan fingerprint density at radius 2 is 2.18 bits per heavy atom. The molecule has 1 saturated heterocycles. The summed E-state index contributed by atoms with van der Waals surface area (Å²) in [7, 11) is -3.16. The number of hydrogen-bond acceptors (Lipinski definition) is 3. The number of piperidine rings is 1. The lowest BCUT2D eigenvalue weighted by atomic mass is 10.1. The zero-order valence-electron chi connectivity index (χ0n) is 10.9. The molecule has 1 N–H and O–H groups in total. The number of rotatable bonds is 6. The van der Waals surface area contributed by atoms with Gasteiger partial charge in [0, 0.05) is 19.1 Å². The van der Waals surface area contributed by atoms with Crippen LogP contribution in [0.2, 0.25) is 0 Å². The van der Waals surface area contributed by atoms with E-state index in [-0.39, 0.29) is 11.8 Å². The molecule has 0 aliphatic carbocycles. The Bertz CT molecular complexity index is 346. The van der Waals surface area contributed by atoms with Crippen molar-refractivity contribution < 1.29 is 8.42 Å². The lowest BCUT2D eigenvalue weighted by Crippen LogP contribution is -2.44. The Hall–Kier alpha value is -0.390. The van der Waals surface area contributed by atoms with Gasteiger partial charge in [0.05, 0.1) is 5.75 Å². The maximum absolute atomic E-state index is 12.2. The third-order valence-electron chi connectivity index (χ3n) is 3.02. The van der Waals surface area contributed by atoms with E-state index >= 15 is 0 Å².